The van der Waals surface area contributed by atoms with Crippen molar-refractivity contribution in [3.05, 3.63) is 0 Å². The fourth-order valence-electron chi connectivity index (χ4n) is 2.02. The molecule has 1 N–H and O–H groups in total. The Morgan fingerprint density at radius 1 is 1.19 bits per heavy atom. The van der Waals surface area contributed by atoms with Gasteiger partial charge in [-0.05, 0) is 19.3 Å². The molecule has 96 valence electrons. The van der Waals surface area contributed by atoms with Crippen molar-refractivity contribution < 1.29 is 9.90 Å². The second-order valence-corrected chi connectivity index (χ2v) is 4.24. The number of rotatable bonds is 9. The van der Waals surface area contributed by atoms with Gasteiger partial charge in [-0.1, -0.05) is 33.6 Å². The van der Waals surface area contributed by atoms with Gasteiger partial charge in [0.2, 0.25) is 5.91 Å². The highest BCUT2D eigenvalue weighted by Crippen LogP contribution is 2.12. The largest absolute Gasteiger partial charge is 0.395 e. The first-order valence-corrected chi connectivity index (χ1v) is 6.61. The number of aliphatic hydroxyl groups excluding tert-OH is 1. The van der Waals surface area contributed by atoms with Gasteiger partial charge < -0.3 is 10.0 Å². The van der Waals surface area contributed by atoms with Crippen molar-refractivity contribution in [2.75, 3.05) is 13.2 Å². The van der Waals surface area contributed by atoms with E-state index < -0.39 is 0 Å². The molecule has 0 saturated carbocycles. The Balaban J connectivity index is 4.21. The number of unbranched alkanes of at least 4 members (excludes halogenated alkanes) is 2. The summed E-state index contributed by atoms with van der Waals surface area (Å²) < 4.78 is 0. The van der Waals surface area contributed by atoms with Crippen molar-refractivity contribution in [3.63, 3.8) is 0 Å². The highest BCUT2D eigenvalue weighted by atomic mass is 16.3. The molecule has 0 heterocycles. The molecule has 0 fully saturated rings. The van der Waals surface area contributed by atoms with Gasteiger partial charge in [-0.3, -0.25) is 4.79 Å². The molecule has 0 radical (unpaired) electrons. The molecular formula is C13H27NO2. The molecule has 0 bridgehead atoms. The number of carbonyl (C=O) groups excluding carboxylic acids is 1. The summed E-state index contributed by atoms with van der Waals surface area (Å²) in [6, 6.07) is 0.293. The van der Waals surface area contributed by atoms with Crippen molar-refractivity contribution >= 4 is 5.91 Å². The lowest BCUT2D eigenvalue weighted by Crippen LogP contribution is -2.41. The van der Waals surface area contributed by atoms with E-state index >= 15 is 0 Å². The molecule has 3 nitrogen and oxygen atoms in total. The van der Waals surface area contributed by atoms with Crippen LogP contribution < -0.4 is 0 Å². The van der Waals surface area contributed by atoms with Gasteiger partial charge in [-0.25, -0.2) is 0 Å². The van der Waals surface area contributed by atoms with Gasteiger partial charge in [0.15, 0.2) is 0 Å². The maximum Gasteiger partial charge on any atom is 0.222 e. The van der Waals surface area contributed by atoms with Gasteiger partial charge in [0.05, 0.1) is 6.61 Å². The predicted molar refractivity (Wildman–Crippen MR) is 67.3 cm³/mol. The monoisotopic (exact) mass is 229 g/mol. The molecule has 1 amide bonds. The average molecular weight is 229 g/mol. The summed E-state index contributed by atoms with van der Waals surface area (Å²) in [6.45, 7) is 6.87. The third-order valence-corrected chi connectivity index (χ3v) is 3.04. The van der Waals surface area contributed by atoms with Crippen molar-refractivity contribution in [2.24, 2.45) is 0 Å². The van der Waals surface area contributed by atoms with E-state index in [2.05, 4.69) is 20.8 Å². The fraction of sp³-hybridized carbons (Fsp3) is 0.923. The molecule has 0 aliphatic heterocycles. The topological polar surface area (TPSA) is 40.5 Å². The van der Waals surface area contributed by atoms with Gasteiger partial charge in [-0.2, -0.15) is 0 Å². The summed E-state index contributed by atoms with van der Waals surface area (Å²) in [5.74, 6) is 0.205. The van der Waals surface area contributed by atoms with Crippen LogP contribution in [0.15, 0.2) is 0 Å². The molecule has 0 aliphatic rings. The maximum absolute atomic E-state index is 12.0. The Hall–Kier alpha value is -0.570. The molecule has 0 spiro atoms. The molecule has 0 aliphatic carbocycles. The molecule has 0 atom stereocenters. The van der Waals surface area contributed by atoms with Crippen LogP contribution in [0.4, 0.5) is 0 Å². The third kappa shape index (κ3) is 5.50. The maximum atomic E-state index is 12.0. The van der Waals surface area contributed by atoms with E-state index in [1.807, 2.05) is 4.90 Å². The van der Waals surface area contributed by atoms with Gasteiger partial charge >= 0.3 is 0 Å². The molecule has 0 rings (SSSR count). The zero-order valence-electron chi connectivity index (χ0n) is 11.0. The quantitative estimate of drug-likeness (QED) is 0.617. The predicted octanol–water partition coefficient (Wildman–Crippen LogP) is 2.58. The molecule has 3 heteroatoms. The lowest BCUT2D eigenvalue weighted by atomic mass is 10.1. The third-order valence-electron chi connectivity index (χ3n) is 3.04. The molecule has 0 aromatic rings. The molecule has 0 unspecified atom stereocenters. The second kappa shape index (κ2) is 9.64. The minimum absolute atomic E-state index is 0.0655. The summed E-state index contributed by atoms with van der Waals surface area (Å²) in [5.41, 5.74) is 0. The molecule has 0 saturated heterocycles. The Labute approximate surface area is 99.8 Å². The van der Waals surface area contributed by atoms with Crippen LogP contribution in [-0.4, -0.2) is 35.1 Å². The van der Waals surface area contributed by atoms with E-state index in [0.29, 0.717) is 19.0 Å². The first-order valence-electron chi connectivity index (χ1n) is 6.61. The highest BCUT2D eigenvalue weighted by molar-refractivity contribution is 5.76. The summed E-state index contributed by atoms with van der Waals surface area (Å²) >= 11 is 0. The van der Waals surface area contributed by atoms with E-state index in [1.165, 1.54) is 0 Å². The van der Waals surface area contributed by atoms with Crippen LogP contribution in [0.2, 0.25) is 0 Å². The Kier molecular flexibility index (Phi) is 9.30. The minimum Gasteiger partial charge on any atom is -0.395 e. The molecule has 16 heavy (non-hydrogen) atoms. The highest BCUT2D eigenvalue weighted by Gasteiger charge is 2.19. The van der Waals surface area contributed by atoms with E-state index in [-0.39, 0.29) is 12.5 Å². The van der Waals surface area contributed by atoms with Crippen LogP contribution in [-0.2, 0) is 4.79 Å². The number of nitrogens with zero attached hydrogens (tertiary/aromatic N) is 1. The Bertz CT molecular complexity index is 179. The smallest absolute Gasteiger partial charge is 0.222 e. The number of aliphatic hydroxyl groups is 1. The average Bonchev–Trinajstić information content (AvgIpc) is 2.29. The summed E-state index contributed by atoms with van der Waals surface area (Å²) in [5, 5.41) is 9.00. The Morgan fingerprint density at radius 3 is 2.25 bits per heavy atom. The van der Waals surface area contributed by atoms with E-state index in [9.17, 15) is 4.79 Å². The fourth-order valence-corrected chi connectivity index (χ4v) is 2.02. The lowest BCUT2D eigenvalue weighted by Gasteiger charge is -2.30. The number of carbonyl (C=O) groups is 1. The number of hydrogen-bond acceptors (Lipinski definition) is 2. The molecule has 0 aromatic carbocycles. The van der Waals surface area contributed by atoms with Gasteiger partial charge in [0, 0.05) is 19.0 Å². The lowest BCUT2D eigenvalue weighted by molar-refractivity contribution is -0.134. The van der Waals surface area contributed by atoms with Crippen molar-refractivity contribution in [1.29, 1.82) is 0 Å². The van der Waals surface area contributed by atoms with Crippen LogP contribution in [0.3, 0.4) is 0 Å². The van der Waals surface area contributed by atoms with Crippen LogP contribution in [0.25, 0.3) is 0 Å². The SMILES string of the molecule is CCCCCC(=O)N(CCO)C(CC)CC. The van der Waals surface area contributed by atoms with Crippen LogP contribution in [0.5, 0.6) is 0 Å². The van der Waals surface area contributed by atoms with Crippen molar-refractivity contribution in [2.45, 2.75) is 65.3 Å². The Morgan fingerprint density at radius 2 is 1.81 bits per heavy atom. The van der Waals surface area contributed by atoms with Crippen LogP contribution >= 0.6 is 0 Å². The van der Waals surface area contributed by atoms with Gasteiger partial charge in [-0.15, -0.1) is 0 Å². The van der Waals surface area contributed by atoms with Crippen molar-refractivity contribution in [1.82, 2.24) is 4.90 Å². The number of amides is 1. The van der Waals surface area contributed by atoms with Crippen LogP contribution in [0, 0.1) is 0 Å². The van der Waals surface area contributed by atoms with E-state index in [0.717, 1.165) is 32.1 Å². The first kappa shape index (κ1) is 15.4. The van der Waals surface area contributed by atoms with Gasteiger partial charge in [0.25, 0.3) is 0 Å². The molecular weight excluding hydrogens is 202 g/mol. The van der Waals surface area contributed by atoms with Crippen LogP contribution in [0.1, 0.15) is 59.3 Å². The zero-order valence-corrected chi connectivity index (χ0v) is 11.0. The normalized spacial score (nSPS) is 10.8. The summed E-state index contributed by atoms with van der Waals surface area (Å²) in [4.78, 5) is 13.8. The van der Waals surface area contributed by atoms with Gasteiger partial charge in [0.1, 0.15) is 0 Å². The van der Waals surface area contributed by atoms with Crippen molar-refractivity contribution in [3.8, 4) is 0 Å². The number of hydrogen-bond donors (Lipinski definition) is 1. The zero-order chi connectivity index (χ0) is 12.4. The first-order chi connectivity index (χ1) is 7.71. The molecule has 0 aromatic heterocycles. The standard InChI is InChI=1S/C13H27NO2/c1-4-7-8-9-13(16)14(10-11-15)12(5-2)6-3/h12,15H,4-11H2,1-3H3. The summed E-state index contributed by atoms with van der Waals surface area (Å²) in [6.07, 6.45) is 5.79. The second-order valence-electron chi connectivity index (χ2n) is 4.24. The van der Waals surface area contributed by atoms with E-state index in [4.69, 9.17) is 5.11 Å². The summed E-state index contributed by atoms with van der Waals surface area (Å²) in [7, 11) is 0. The minimum atomic E-state index is 0.0655. The van der Waals surface area contributed by atoms with E-state index in [1.54, 1.807) is 0 Å².